The molecule has 6 N–H and O–H groups in total. The summed E-state index contributed by atoms with van der Waals surface area (Å²) in [5, 5.41) is 47.9. The lowest BCUT2D eigenvalue weighted by atomic mass is 9.76. The van der Waals surface area contributed by atoms with Crippen LogP contribution < -0.4 is 10.6 Å². The zero-order valence-corrected chi connectivity index (χ0v) is 24.9. The number of hydrogen-bond donors (Lipinski definition) is 6. The van der Waals surface area contributed by atoms with Crippen LogP contribution in [-0.4, -0.2) is 99.4 Å². The van der Waals surface area contributed by atoms with E-state index in [1.807, 2.05) is 0 Å². The third-order valence-corrected chi connectivity index (χ3v) is 8.41. The summed E-state index contributed by atoms with van der Waals surface area (Å²) in [6, 6.07) is 4.87. The molecule has 3 heterocycles. The van der Waals surface area contributed by atoms with E-state index in [9.17, 15) is 33.3 Å². The number of alkyl halides is 3. The van der Waals surface area contributed by atoms with Gasteiger partial charge in [0.25, 0.3) is 0 Å². The molecule has 2 saturated heterocycles. The molecule has 1 aromatic carbocycles. The third-order valence-electron chi connectivity index (χ3n) is 8.41. The number of likely N-dealkylation sites (tertiary alicyclic amines) is 1. The molecule has 4 atom stereocenters. The van der Waals surface area contributed by atoms with Crippen molar-refractivity contribution in [1.82, 2.24) is 25.3 Å². The van der Waals surface area contributed by atoms with E-state index in [4.69, 9.17) is 10.1 Å². The number of piperidine rings is 1. The van der Waals surface area contributed by atoms with Crippen LogP contribution in [0.1, 0.15) is 61.6 Å². The normalized spacial score (nSPS) is 20.9. The lowest BCUT2D eigenvalue weighted by Crippen LogP contribution is -2.47. The third kappa shape index (κ3) is 7.75. The van der Waals surface area contributed by atoms with E-state index in [2.05, 4.69) is 20.7 Å². The smallest absolute Gasteiger partial charge is 0.419 e. The Kier molecular flexibility index (Phi) is 10.3. The minimum absolute atomic E-state index is 0.0197. The molecular weight excluding hydrogens is 583 g/mol. The SMILES string of the molecule is CN=C(C)NC(CC(=N)N1CCC2(CC1)CNC(C(=O)O)C2)OC(c1ccc(C(O)CO)cc1-n1ccc(C)n1)C(F)(F)F. The average Bonchev–Trinajstić information content (AvgIpc) is 3.61. The molecule has 2 fully saturated rings. The molecule has 4 unspecified atom stereocenters. The Morgan fingerprint density at radius 1 is 1.32 bits per heavy atom. The maximum absolute atomic E-state index is 14.7. The summed E-state index contributed by atoms with van der Waals surface area (Å²) in [4.78, 5) is 17.2. The Morgan fingerprint density at radius 3 is 2.57 bits per heavy atom. The highest BCUT2D eigenvalue weighted by Crippen LogP contribution is 2.41. The number of benzene rings is 1. The first-order valence-corrected chi connectivity index (χ1v) is 14.4. The number of carboxylic acids is 1. The topological polar surface area (TPSA) is 168 Å². The van der Waals surface area contributed by atoms with Crippen LogP contribution >= 0.6 is 0 Å². The summed E-state index contributed by atoms with van der Waals surface area (Å²) >= 11 is 0. The maximum Gasteiger partial charge on any atom is 0.419 e. The first kappa shape index (κ1) is 33.4. The van der Waals surface area contributed by atoms with Gasteiger partial charge in [0, 0.05) is 44.9 Å². The van der Waals surface area contributed by atoms with Crippen molar-refractivity contribution in [3.8, 4) is 5.69 Å². The highest BCUT2D eigenvalue weighted by molar-refractivity contribution is 5.82. The second-order valence-electron chi connectivity index (χ2n) is 11.5. The summed E-state index contributed by atoms with van der Waals surface area (Å²) < 4.78 is 51.3. The Balaban J connectivity index is 1.58. The van der Waals surface area contributed by atoms with Gasteiger partial charge >= 0.3 is 12.1 Å². The number of nitrogens with one attached hydrogen (secondary N) is 3. The van der Waals surface area contributed by atoms with Crippen LogP contribution in [0.5, 0.6) is 0 Å². The van der Waals surface area contributed by atoms with E-state index in [0.717, 1.165) is 0 Å². The van der Waals surface area contributed by atoms with Gasteiger partial charge in [0.1, 0.15) is 24.2 Å². The molecule has 0 radical (unpaired) electrons. The van der Waals surface area contributed by atoms with Gasteiger partial charge in [0.2, 0.25) is 0 Å². The molecule has 2 aliphatic heterocycles. The van der Waals surface area contributed by atoms with Crippen LogP contribution in [0.2, 0.25) is 0 Å². The molecule has 242 valence electrons. The Labute approximate surface area is 253 Å². The zero-order chi connectivity index (χ0) is 32.2. The number of aromatic nitrogens is 2. The number of aliphatic hydroxyl groups excluding tert-OH is 2. The van der Waals surface area contributed by atoms with Crippen LogP contribution in [0.15, 0.2) is 35.5 Å². The van der Waals surface area contributed by atoms with Crippen LogP contribution in [0.25, 0.3) is 5.69 Å². The molecule has 0 bridgehead atoms. The molecule has 0 aliphatic carbocycles. The van der Waals surface area contributed by atoms with Crippen LogP contribution in [0, 0.1) is 17.7 Å². The minimum Gasteiger partial charge on any atom is -0.480 e. The molecule has 1 aromatic heterocycles. The van der Waals surface area contributed by atoms with Crippen molar-refractivity contribution in [1.29, 1.82) is 5.41 Å². The van der Waals surface area contributed by atoms with E-state index in [1.165, 1.54) is 36.1 Å². The predicted molar refractivity (Wildman–Crippen MR) is 156 cm³/mol. The molecule has 44 heavy (non-hydrogen) atoms. The fourth-order valence-corrected chi connectivity index (χ4v) is 5.79. The van der Waals surface area contributed by atoms with Gasteiger partial charge in [-0.1, -0.05) is 12.1 Å². The molecule has 15 heteroatoms. The monoisotopic (exact) mass is 623 g/mol. The number of aryl methyl sites for hydroxylation is 1. The van der Waals surface area contributed by atoms with Crippen LogP contribution in [0.3, 0.4) is 0 Å². The number of amidine groups is 2. The number of carbonyl (C=O) groups is 1. The van der Waals surface area contributed by atoms with E-state index in [0.29, 0.717) is 50.4 Å². The Hall–Kier alpha value is -3.53. The summed E-state index contributed by atoms with van der Waals surface area (Å²) in [5.74, 6) is -0.477. The fraction of sp³-hybridized carbons (Fsp3) is 0.586. The van der Waals surface area contributed by atoms with Crippen molar-refractivity contribution in [2.45, 2.75) is 70.2 Å². The van der Waals surface area contributed by atoms with Crippen molar-refractivity contribution in [2.24, 2.45) is 10.4 Å². The lowest BCUT2D eigenvalue weighted by molar-refractivity contribution is -0.237. The first-order valence-electron chi connectivity index (χ1n) is 14.4. The number of ether oxygens (including phenoxy) is 1. The molecule has 0 amide bonds. The highest BCUT2D eigenvalue weighted by Gasteiger charge is 2.46. The van der Waals surface area contributed by atoms with Gasteiger partial charge in [0.05, 0.1) is 23.8 Å². The number of nitrogens with zero attached hydrogens (tertiary/aromatic N) is 4. The van der Waals surface area contributed by atoms with Gasteiger partial charge in [-0.25, -0.2) is 4.68 Å². The van der Waals surface area contributed by atoms with Gasteiger partial charge < -0.3 is 35.6 Å². The molecule has 2 aromatic rings. The van der Waals surface area contributed by atoms with Gasteiger partial charge in [-0.3, -0.25) is 15.2 Å². The molecular formula is C29H40F3N7O5. The van der Waals surface area contributed by atoms with Crippen molar-refractivity contribution in [2.75, 3.05) is 33.3 Å². The van der Waals surface area contributed by atoms with Crippen LogP contribution in [-0.2, 0) is 9.53 Å². The molecule has 2 aliphatic rings. The molecule has 12 nitrogen and oxygen atoms in total. The number of halogens is 3. The van der Waals surface area contributed by atoms with Gasteiger partial charge in [-0.05, 0) is 56.2 Å². The number of hydrogen-bond acceptors (Lipinski definition) is 8. The first-order chi connectivity index (χ1) is 20.7. The predicted octanol–water partition coefficient (Wildman–Crippen LogP) is 2.69. The summed E-state index contributed by atoms with van der Waals surface area (Å²) in [6.07, 6.45) is -6.79. The van der Waals surface area contributed by atoms with Gasteiger partial charge in [-0.15, -0.1) is 0 Å². The minimum atomic E-state index is -4.87. The van der Waals surface area contributed by atoms with Gasteiger partial charge in [-0.2, -0.15) is 18.3 Å². The van der Waals surface area contributed by atoms with Crippen LogP contribution in [0.4, 0.5) is 13.2 Å². The summed E-state index contributed by atoms with van der Waals surface area (Å²) in [5.41, 5.74) is 0.344. The zero-order valence-electron chi connectivity index (χ0n) is 24.9. The number of carboxylic acid groups (broad SMARTS) is 1. The fourth-order valence-electron chi connectivity index (χ4n) is 5.79. The Morgan fingerprint density at radius 2 is 2.02 bits per heavy atom. The van der Waals surface area contributed by atoms with Crippen molar-refractivity contribution in [3.05, 3.63) is 47.3 Å². The quantitative estimate of drug-likeness (QED) is 0.132. The van der Waals surface area contributed by atoms with E-state index < -0.39 is 43.2 Å². The van der Waals surface area contributed by atoms with Crippen molar-refractivity contribution in [3.63, 3.8) is 0 Å². The standard InChI is InChI=1S/C29H40F3N7O5/c1-17-6-9-39(37-17)22-12-19(23(41)15-40)4-5-20(22)26(29(30,31)32)44-25(36-18(2)34-3)13-24(33)38-10-7-28(8-11-38)14-21(27(42)43)35-16-28/h4-6,9,12,21,23,25-26,33,35,40-41H,7-8,10-11,13-16H2,1-3H3,(H,34,36)(H,42,43). The van der Waals surface area contributed by atoms with Gasteiger partial charge in [0.15, 0.2) is 6.10 Å². The Bertz CT molecular complexity index is 1360. The number of rotatable bonds is 10. The van der Waals surface area contributed by atoms with Crippen molar-refractivity contribution >= 4 is 17.6 Å². The number of aliphatic imine (C=N–C) groups is 1. The van der Waals surface area contributed by atoms with E-state index in [1.54, 1.807) is 24.8 Å². The average molecular weight is 624 g/mol. The van der Waals surface area contributed by atoms with Crippen molar-refractivity contribution < 1.29 is 38.0 Å². The summed E-state index contributed by atoms with van der Waals surface area (Å²) in [7, 11) is 1.49. The molecule has 1 spiro atoms. The molecule has 4 rings (SSSR count). The maximum atomic E-state index is 14.7. The highest BCUT2D eigenvalue weighted by atomic mass is 19.4. The summed E-state index contributed by atoms with van der Waals surface area (Å²) in [6.45, 7) is 4.18. The lowest BCUT2D eigenvalue weighted by Gasteiger charge is -2.40. The number of aliphatic hydroxyl groups is 2. The largest absolute Gasteiger partial charge is 0.480 e. The van der Waals surface area contributed by atoms with E-state index in [-0.39, 0.29) is 34.5 Å². The number of aliphatic carboxylic acids is 1. The van der Waals surface area contributed by atoms with E-state index >= 15 is 0 Å². The molecule has 0 saturated carbocycles. The second kappa shape index (κ2) is 13.6. The second-order valence-corrected chi connectivity index (χ2v) is 11.5.